The van der Waals surface area contributed by atoms with Gasteiger partial charge >= 0.3 is 5.97 Å². The van der Waals surface area contributed by atoms with Crippen molar-refractivity contribution >= 4 is 23.2 Å². The standard InChI is InChI=1S/C19H22N2O4S/c1-25-15-7-5-14(6-8-15)18-20-11-16(26-18)19(24)21-10-2-3-13(12-21)4-9-17(22)23/h5-8,11,13H,2-4,9-10,12H2,1H3,(H,22,23). The molecule has 1 unspecified atom stereocenters. The molecule has 0 aliphatic carbocycles. The van der Waals surface area contributed by atoms with Gasteiger partial charge in [-0.25, -0.2) is 4.98 Å². The molecular formula is C19H22N2O4S. The summed E-state index contributed by atoms with van der Waals surface area (Å²) in [6, 6.07) is 7.59. The van der Waals surface area contributed by atoms with Crippen LogP contribution in [-0.2, 0) is 4.79 Å². The summed E-state index contributed by atoms with van der Waals surface area (Å²) in [6.07, 6.45) is 4.32. The lowest BCUT2D eigenvalue weighted by Gasteiger charge is -2.32. The lowest BCUT2D eigenvalue weighted by Crippen LogP contribution is -2.39. The number of thiazole rings is 1. The molecule has 1 aromatic heterocycles. The van der Waals surface area contributed by atoms with E-state index in [-0.39, 0.29) is 18.2 Å². The molecule has 1 fully saturated rings. The number of amides is 1. The van der Waals surface area contributed by atoms with E-state index in [9.17, 15) is 9.59 Å². The zero-order valence-electron chi connectivity index (χ0n) is 14.7. The molecule has 1 amide bonds. The highest BCUT2D eigenvalue weighted by molar-refractivity contribution is 7.16. The van der Waals surface area contributed by atoms with Gasteiger partial charge in [0.25, 0.3) is 5.91 Å². The SMILES string of the molecule is COc1ccc(-c2ncc(C(=O)N3CCCC(CCC(=O)O)C3)s2)cc1. The summed E-state index contributed by atoms with van der Waals surface area (Å²) in [5, 5.41) is 9.65. The van der Waals surface area contributed by atoms with E-state index in [0.29, 0.717) is 17.8 Å². The molecule has 7 heteroatoms. The van der Waals surface area contributed by atoms with Gasteiger partial charge in [-0.05, 0) is 49.4 Å². The molecule has 1 aliphatic rings. The van der Waals surface area contributed by atoms with Crippen molar-refractivity contribution in [1.29, 1.82) is 0 Å². The van der Waals surface area contributed by atoms with Crippen LogP contribution < -0.4 is 4.74 Å². The Morgan fingerprint density at radius 2 is 2.12 bits per heavy atom. The van der Waals surface area contributed by atoms with Crippen LogP contribution in [-0.4, -0.2) is 47.1 Å². The first-order valence-corrected chi connectivity index (χ1v) is 9.50. The molecule has 2 heterocycles. The van der Waals surface area contributed by atoms with E-state index in [1.54, 1.807) is 13.3 Å². The minimum atomic E-state index is -0.778. The number of carbonyl (C=O) groups excluding carboxylic acids is 1. The normalized spacial score (nSPS) is 17.1. The van der Waals surface area contributed by atoms with Crippen LogP contribution in [0.25, 0.3) is 10.6 Å². The predicted molar refractivity (Wildman–Crippen MR) is 99.6 cm³/mol. The predicted octanol–water partition coefficient (Wildman–Crippen LogP) is 3.54. The first-order valence-electron chi connectivity index (χ1n) is 8.68. The Bertz CT molecular complexity index is 772. The lowest BCUT2D eigenvalue weighted by molar-refractivity contribution is -0.137. The van der Waals surface area contributed by atoms with Crippen LogP contribution in [0.4, 0.5) is 0 Å². The van der Waals surface area contributed by atoms with Gasteiger partial charge in [0, 0.05) is 25.1 Å². The largest absolute Gasteiger partial charge is 0.497 e. The number of carboxylic acid groups (broad SMARTS) is 1. The van der Waals surface area contributed by atoms with Crippen LogP contribution in [0, 0.1) is 5.92 Å². The van der Waals surface area contributed by atoms with Gasteiger partial charge in [-0.3, -0.25) is 9.59 Å². The minimum absolute atomic E-state index is 0.0118. The maximum absolute atomic E-state index is 12.8. The molecule has 0 bridgehead atoms. The Labute approximate surface area is 156 Å². The molecule has 138 valence electrons. The third-order valence-corrected chi connectivity index (χ3v) is 5.66. The Morgan fingerprint density at radius 1 is 1.35 bits per heavy atom. The maximum Gasteiger partial charge on any atom is 0.303 e. The van der Waals surface area contributed by atoms with Crippen molar-refractivity contribution in [3.05, 3.63) is 35.3 Å². The third-order valence-electron chi connectivity index (χ3n) is 4.63. The molecule has 1 saturated heterocycles. The van der Waals surface area contributed by atoms with Gasteiger partial charge in [0.2, 0.25) is 0 Å². The number of carbonyl (C=O) groups is 2. The number of nitrogens with zero attached hydrogens (tertiary/aromatic N) is 2. The number of methoxy groups -OCH3 is 1. The van der Waals surface area contributed by atoms with Gasteiger partial charge in [-0.15, -0.1) is 11.3 Å². The van der Waals surface area contributed by atoms with Gasteiger partial charge in [0.05, 0.1) is 13.3 Å². The second-order valence-corrected chi connectivity index (χ2v) is 7.48. The Morgan fingerprint density at radius 3 is 2.81 bits per heavy atom. The van der Waals surface area contributed by atoms with E-state index < -0.39 is 5.97 Å². The third kappa shape index (κ3) is 4.40. The van der Waals surface area contributed by atoms with E-state index in [1.807, 2.05) is 29.2 Å². The molecule has 1 atom stereocenters. The van der Waals surface area contributed by atoms with Gasteiger partial charge < -0.3 is 14.7 Å². The highest BCUT2D eigenvalue weighted by Gasteiger charge is 2.26. The number of hydrogen-bond donors (Lipinski definition) is 1. The molecule has 6 nitrogen and oxygen atoms in total. The van der Waals surface area contributed by atoms with Crippen molar-refractivity contribution in [2.24, 2.45) is 5.92 Å². The molecule has 2 aromatic rings. The smallest absolute Gasteiger partial charge is 0.303 e. The number of aliphatic carboxylic acids is 1. The summed E-state index contributed by atoms with van der Waals surface area (Å²) in [5.41, 5.74) is 0.952. The fourth-order valence-corrected chi connectivity index (χ4v) is 4.10. The zero-order chi connectivity index (χ0) is 18.5. The summed E-state index contributed by atoms with van der Waals surface area (Å²) in [6.45, 7) is 1.35. The van der Waals surface area contributed by atoms with Crippen LogP contribution in [0.3, 0.4) is 0 Å². The number of likely N-dealkylation sites (tertiary alicyclic amines) is 1. The molecule has 1 aromatic carbocycles. The number of rotatable bonds is 6. The van der Waals surface area contributed by atoms with Crippen molar-refractivity contribution < 1.29 is 19.4 Å². The molecule has 1 N–H and O–H groups in total. The zero-order valence-corrected chi connectivity index (χ0v) is 15.5. The summed E-state index contributed by atoms with van der Waals surface area (Å²) in [4.78, 5) is 30.4. The fourth-order valence-electron chi connectivity index (χ4n) is 3.21. The summed E-state index contributed by atoms with van der Waals surface area (Å²) < 4.78 is 5.16. The van der Waals surface area contributed by atoms with Crippen molar-refractivity contribution in [3.63, 3.8) is 0 Å². The first kappa shape index (κ1) is 18.4. The summed E-state index contributed by atoms with van der Waals surface area (Å²) >= 11 is 1.38. The van der Waals surface area contributed by atoms with Gasteiger partial charge in [0.15, 0.2) is 0 Å². The van der Waals surface area contributed by atoms with Crippen molar-refractivity contribution in [1.82, 2.24) is 9.88 Å². The highest BCUT2D eigenvalue weighted by atomic mass is 32.1. The highest BCUT2D eigenvalue weighted by Crippen LogP contribution is 2.29. The molecule has 0 radical (unpaired) electrons. The molecule has 1 aliphatic heterocycles. The fraction of sp³-hybridized carbons (Fsp3) is 0.421. The van der Waals surface area contributed by atoms with Crippen LogP contribution in [0.2, 0.25) is 0 Å². The molecule has 3 rings (SSSR count). The maximum atomic E-state index is 12.8. The molecule has 0 spiro atoms. The molecule has 26 heavy (non-hydrogen) atoms. The number of carboxylic acids is 1. The number of hydrogen-bond acceptors (Lipinski definition) is 5. The molecule has 0 saturated carbocycles. The van der Waals surface area contributed by atoms with Gasteiger partial charge in [-0.2, -0.15) is 0 Å². The average Bonchev–Trinajstić information content (AvgIpc) is 3.16. The van der Waals surface area contributed by atoms with E-state index >= 15 is 0 Å². The Hall–Kier alpha value is -2.41. The number of benzene rings is 1. The van der Waals surface area contributed by atoms with E-state index in [0.717, 1.165) is 35.7 Å². The Balaban J connectivity index is 1.66. The van der Waals surface area contributed by atoms with Crippen molar-refractivity contribution in [3.8, 4) is 16.3 Å². The monoisotopic (exact) mass is 374 g/mol. The topological polar surface area (TPSA) is 79.7 Å². The first-order chi connectivity index (χ1) is 12.6. The average molecular weight is 374 g/mol. The van der Waals surface area contributed by atoms with E-state index in [2.05, 4.69) is 4.98 Å². The van der Waals surface area contributed by atoms with Gasteiger partial charge in [-0.1, -0.05) is 0 Å². The van der Waals surface area contributed by atoms with Crippen LogP contribution in [0.5, 0.6) is 5.75 Å². The van der Waals surface area contributed by atoms with Crippen LogP contribution in [0.15, 0.2) is 30.5 Å². The van der Waals surface area contributed by atoms with E-state index in [1.165, 1.54) is 11.3 Å². The van der Waals surface area contributed by atoms with Crippen LogP contribution in [0.1, 0.15) is 35.4 Å². The second kappa shape index (κ2) is 8.31. The van der Waals surface area contributed by atoms with Crippen molar-refractivity contribution in [2.45, 2.75) is 25.7 Å². The number of piperidine rings is 1. The van der Waals surface area contributed by atoms with E-state index in [4.69, 9.17) is 9.84 Å². The summed E-state index contributed by atoms with van der Waals surface area (Å²) in [5.74, 6) is 0.252. The quantitative estimate of drug-likeness (QED) is 0.837. The number of ether oxygens (including phenoxy) is 1. The Kier molecular flexibility index (Phi) is 5.88. The van der Waals surface area contributed by atoms with Crippen molar-refractivity contribution in [2.75, 3.05) is 20.2 Å². The molecular weight excluding hydrogens is 352 g/mol. The van der Waals surface area contributed by atoms with Crippen LogP contribution >= 0.6 is 11.3 Å². The van der Waals surface area contributed by atoms with Gasteiger partial charge in [0.1, 0.15) is 15.6 Å². The second-order valence-electron chi connectivity index (χ2n) is 6.45. The summed E-state index contributed by atoms with van der Waals surface area (Å²) in [7, 11) is 1.62. The number of aromatic nitrogens is 1. The lowest BCUT2D eigenvalue weighted by atomic mass is 9.93. The minimum Gasteiger partial charge on any atom is -0.497 e.